The van der Waals surface area contributed by atoms with Gasteiger partial charge in [-0.3, -0.25) is 0 Å². The van der Waals surface area contributed by atoms with Crippen LogP contribution in [0, 0.1) is 0 Å². The largest absolute Gasteiger partial charge is 0.317 e. The van der Waals surface area contributed by atoms with Gasteiger partial charge in [0.25, 0.3) is 0 Å². The summed E-state index contributed by atoms with van der Waals surface area (Å²) in [6, 6.07) is 15.1. The van der Waals surface area contributed by atoms with Crippen LogP contribution in [0.3, 0.4) is 0 Å². The third kappa shape index (κ3) is 3.44. The molecule has 0 aliphatic carbocycles. The molecule has 0 unspecified atom stereocenters. The van der Waals surface area contributed by atoms with Crippen molar-refractivity contribution >= 4 is 10.8 Å². The molecule has 0 saturated heterocycles. The highest BCUT2D eigenvalue weighted by molar-refractivity contribution is 5.85. The lowest BCUT2D eigenvalue weighted by Gasteiger charge is -2.03. The monoisotopic (exact) mass is 239 g/mol. The summed E-state index contributed by atoms with van der Waals surface area (Å²) in [5.41, 5.74) is 1.41. The molecule has 0 aromatic heterocycles. The Labute approximate surface area is 110 Å². The summed E-state index contributed by atoms with van der Waals surface area (Å²) >= 11 is 0. The van der Waals surface area contributed by atoms with Crippen molar-refractivity contribution in [3.8, 4) is 0 Å². The van der Waals surface area contributed by atoms with E-state index >= 15 is 0 Å². The molecular weight excluding hydrogens is 218 g/mol. The van der Waals surface area contributed by atoms with E-state index in [0.717, 1.165) is 25.9 Å². The highest BCUT2D eigenvalue weighted by Gasteiger charge is 1.97. The Morgan fingerprint density at radius 1 is 1.00 bits per heavy atom. The van der Waals surface area contributed by atoms with Crippen LogP contribution in [0.4, 0.5) is 0 Å². The van der Waals surface area contributed by atoms with E-state index in [1.54, 1.807) is 0 Å². The lowest BCUT2D eigenvalue weighted by molar-refractivity contribution is 0.726. The Bertz CT molecular complexity index is 509. The first kappa shape index (κ1) is 12.8. The number of nitrogens with one attached hydrogen (secondary N) is 1. The van der Waals surface area contributed by atoms with Crippen molar-refractivity contribution in [1.29, 1.82) is 0 Å². The van der Waals surface area contributed by atoms with E-state index in [1.807, 2.05) is 0 Å². The summed E-state index contributed by atoms with van der Waals surface area (Å²) < 4.78 is 0. The maximum atomic E-state index is 3.33. The molecule has 0 heterocycles. The van der Waals surface area contributed by atoms with E-state index < -0.39 is 0 Å². The predicted molar refractivity (Wildman–Crippen MR) is 80.0 cm³/mol. The number of fused-ring (bicyclic) bond motifs is 1. The number of hydrogen-bond acceptors (Lipinski definition) is 1. The number of hydrogen-bond donors (Lipinski definition) is 1. The Hall–Kier alpha value is -1.60. The molecule has 0 aliphatic heterocycles. The van der Waals surface area contributed by atoms with Gasteiger partial charge in [0.2, 0.25) is 0 Å². The van der Waals surface area contributed by atoms with Crippen molar-refractivity contribution in [3.63, 3.8) is 0 Å². The van der Waals surface area contributed by atoms with Crippen LogP contribution in [0.25, 0.3) is 10.8 Å². The van der Waals surface area contributed by atoms with Crippen LogP contribution >= 0.6 is 0 Å². The van der Waals surface area contributed by atoms with Gasteiger partial charge in [0.15, 0.2) is 0 Å². The molecule has 0 fully saturated rings. The van der Waals surface area contributed by atoms with Crippen molar-refractivity contribution in [3.05, 3.63) is 60.2 Å². The van der Waals surface area contributed by atoms with Crippen LogP contribution in [-0.2, 0) is 6.42 Å². The first-order valence-corrected chi connectivity index (χ1v) is 6.74. The second-order valence-electron chi connectivity index (χ2n) is 4.46. The van der Waals surface area contributed by atoms with Crippen LogP contribution in [0.2, 0.25) is 0 Å². The van der Waals surface area contributed by atoms with Crippen molar-refractivity contribution in [2.24, 2.45) is 0 Å². The molecule has 0 saturated carbocycles. The molecule has 1 N–H and O–H groups in total. The molecule has 2 rings (SSSR count). The second-order valence-corrected chi connectivity index (χ2v) is 4.46. The van der Waals surface area contributed by atoms with Gasteiger partial charge in [0, 0.05) is 0 Å². The van der Waals surface area contributed by atoms with Crippen molar-refractivity contribution < 1.29 is 0 Å². The number of rotatable bonds is 6. The Morgan fingerprint density at radius 3 is 2.72 bits per heavy atom. The highest BCUT2D eigenvalue weighted by atomic mass is 14.8. The average molecular weight is 239 g/mol. The normalized spacial score (nSPS) is 11.4. The smallest absolute Gasteiger partial charge is 0.00144 e. The molecular formula is C17H21N. The van der Waals surface area contributed by atoms with Gasteiger partial charge in [0.05, 0.1) is 0 Å². The Morgan fingerprint density at radius 2 is 1.83 bits per heavy atom. The molecule has 1 nitrogen and oxygen atoms in total. The third-order valence-corrected chi connectivity index (χ3v) is 3.12. The summed E-state index contributed by atoms with van der Waals surface area (Å²) in [6.07, 6.45) is 6.68. The van der Waals surface area contributed by atoms with Crippen molar-refractivity contribution in [2.75, 3.05) is 13.1 Å². The van der Waals surface area contributed by atoms with Crippen LogP contribution < -0.4 is 5.32 Å². The molecule has 2 aromatic carbocycles. The predicted octanol–water partition coefficient (Wildman–Crippen LogP) is 3.94. The summed E-state index contributed by atoms with van der Waals surface area (Å²) in [7, 11) is 0. The lowest BCUT2D eigenvalue weighted by Crippen LogP contribution is -2.12. The molecule has 94 valence electrons. The molecule has 0 atom stereocenters. The second kappa shape index (κ2) is 6.97. The molecule has 0 amide bonds. The van der Waals surface area contributed by atoms with Gasteiger partial charge in [-0.25, -0.2) is 0 Å². The van der Waals surface area contributed by atoms with E-state index in [1.165, 1.54) is 16.3 Å². The summed E-state index contributed by atoms with van der Waals surface area (Å²) in [5, 5.41) is 6.03. The van der Waals surface area contributed by atoms with E-state index in [2.05, 4.69) is 66.9 Å². The molecule has 2 aromatic rings. The van der Waals surface area contributed by atoms with Gasteiger partial charge in [-0.05, 0) is 42.3 Å². The fraction of sp³-hybridized carbons (Fsp3) is 0.294. The summed E-state index contributed by atoms with van der Waals surface area (Å²) in [5.74, 6) is 0. The molecule has 0 aliphatic rings. The Balaban J connectivity index is 1.99. The average Bonchev–Trinajstić information content (AvgIpc) is 2.43. The summed E-state index contributed by atoms with van der Waals surface area (Å²) in [4.78, 5) is 0. The first-order chi connectivity index (χ1) is 8.92. The molecule has 0 bridgehead atoms. The zero-order valence-electron chi connectivity index (χ0n) is 11.0. The Kier molecular flexibility index (Phi) is 4.98. The minimum absolute atomic E-state index is 1.02. The minimum atomic E-state index is 1.02. The van der Waals surface area contributed by atoms with E-state index in [-0.39, 0.29) is 0 Å². The zero-order chi connectivity index (χ0) is 12.6. The van der Waals surface area contributed by atoms with Crippen LogP contribution in [-0.4, -0.2) is 13.1 Å². The fourth-order valence-corrected chi connectivity index (χ4v) is 2.16. The van der Waals surface area contributed by atoms with Gasteiger partial charge < -0.3 is 5.32 Å². The van der Waals surface area contributed by atoms with E-state index in [9.17, 15) is 0 Å². The van der Waals surface area contributed by atoms with E-state index in [0.29, 0.717) is 0 Å². The highest BCUT2D eigenvalue weighted by Crippen LogP contribution is 2.19. The molecule has 0 spiro atoms. The maximum Gasteiger partial charge on any atom is -0.00144 e. The topological polar surface area (TPSA) is 12.0 Å². The zero-order valence-corrected chi connectivity index (χ0v) is 11.0. The summed E-state index contributed by atoms with van der Waals surface area (Å²) in [6.45, 7) is 4.26. The number of allylic oxidation sites excluding steroid dienone is 1. The van der Waals surface area contributed by atoms with Gasteiger partial charge in [-0.1, -0.05) is 61.5 Å². The van der Waals surface area contributed by atoms with Crippen molar-refractivity contribution in [1.82, 2.24) is 5.32 Å². The third-order valence-electron chi connectivity index (χ3n) is 3.12. The van der Waals surface area contributed by atoms with Crippen LogP contribution in [0.5, 0.6) is 0 Å². The van der Waals surface area contributed by atoms with Gasteiger partial charge >= 0.3 is 0 Å². The number of benzene rings is 2. The standard InChI is InChI=1S/C17H21N/c1-2-18-14-7-3-4-9-15-11-8-12-16-10-5-6-13-17(15)16/h3-6,8,10-13,18H,2,7,9,14H2,1H3. The lowest BCUT2D eigenvalue weighted by atomic mass is 10.0. The maximum absolute atomic E-state index is 3.33. The minimum Gasteiger partial charge on any atom is -0.317 e. The molecule has 0 radical (unpaired) electrons. The van der Waals surface area contributed by atoms with Gasteiger partial charge in [-0.15, -0.1) is 0 Å². The molecule has 18 heavy (non-hydrogen) atoms. The van der Waals surface area contributed by atoms with Crippen LogP contribution in [0.1, 0.15) is 18.9 Å². The quantitative estimate of drug-likeness (QED) is 0.595. The van der Waals surface area contributed by atoms with Gasteiger partial charge in [0.1, 0.15) is 0 Å². The van der Waals surface area contributed by atoms with Gasteiger partial charge in [-0.2, -0.15) is 0 Å². The molecule has 1 heteroatoms. The van der Waals surface area contributed by atoms with E-state index in [4.69, 9.17) is 0 Å². The SMILES string of the molecule is CCNCCC=CCc1cccc2ccccc12. The van der Waals surface area contributed by atoms with Crippen molar-refractivity contribution in [2.45, 2.75) is 19.8 Å². The first-order valence-electron chi connectivity index (χ1n) is 6.74. The fourth-order valence-electron chi connectivity index (χ4n) is 2.16. The van der Waals surface area contributed by atoms with Crippen LogP contribution in [0.15, 0.2) is 54.6 Å².